The molecule has 0 bridgehead atoms. The largest absolute Gasteiger partial charge is 0.288 e. The molecule has 88 valence electrons. The Hall–Kier alpha value is -1.92. The predicted molar refractivity (Wildman–Crippen MR) is 70.7 cm³/mol. The van der Waals surface area contributed by atoms with Crippen molar-refractivity contribution in [1.82, 2.24) is 0 Å². The summed E-state index contributed by atoms with van der Waals surface area (Å²) >= 11 is 1.45. The summed E-state index contributed by atoms with van der Waals surface area (Å²) < 4.78 is 0. The first kappa shape index (κ1) is 11.2. The van der Waals surface area contributed by atoms with Gasteiger partial charge in [0, 0.05) is 5.56 Å². The van der Waals surface area contributed by atoms with E-state index in [1.54, 1.807) is 0 Å². The molecule has 3 rings (SSSR count). The second kappa shape index (κ2) is 4.08. The van der Waals surface area contributed by atoms with Crippen LogP contribution in [0.1, 0.15) is 33.6 Å². The van der Waals surface area contributed by atoms with Crippen LogP contribution in [0.15, 0.2) is 41.8 Å². The van der Waals surface area contributed by atoms with Crippen LogP contribution in [0.25, 0.3) is 0 Å². The first-order valence-corrected chi connectivity index (χ1v) is 6.73. The number of nitriles is 1. The molecule has 1 aromatic heterocycles. The van der Waals surface area contributed by atoms with Crippen molar-refractivity contribution in [3.63, 3.8) is 0 Å². The molecule has 0 unspecified atom stereocenters. The molecule has 2 nitrogen and oxygen atoms in total. The van der Waals surface area contributed by atoms with Crippen LogP contribution in [0.4, 0.5) is 0 Å². The minimum absolute atomic E-state index is 0.0540. The lowest BCUT2D eigenvalue weighted by Gasteiger charge is -2.06. The van der Waals surface area contributed by atoms with Crippen molar-refractivity contribution in [3.05, 3.63) is 57.8 Å². The molecule has 0 spiro atoms. The Kier molecular flexibility index (Phi) is 2.53. The Morgan fingerprint density at radius 2 is 1.94 bits per heavy atom. The van der Waals surface area contributed by atoms with Gasteiger partial charge in [-0.25, -0.2) is 0 Å². The summed E-state index contributed by atoms with van der Waals surface area (Å²) in [5.41, 5.74) is 1.45. The summed E-state index contributed by atoms with van der Waals surface area (Å²) in [5, 5.41) is 11.0. The smallest absolute Gasteiger partial charge is 0.202 e. The van der Waals surface area contributed by atoms with Crippen molar-refractivity contribution in [2.45, 2.75) is 18.3 Å². The lowest BCUT2D eigenvalue weighted by atomic mass is 9.96. The highest BCUT2D eigenvalue weighted by atomic mass is 32.1. The van der Waals surface area contributed by atoms with Gasteiger partial charge in [-0.2, -0.15) is 5.26 Å². The minimum Gasteiger partial charge on any atom is -0.288 e. The van der Waals surface area contributed by atoms with E-state index < -0.39 is 0 Å². The lowest BCUT2D eigenvalue weighted by molar-refractivity contribution is 0.104. The Balaban J connectivity index is 1.88. The highest BCUT2D eigenvalue weighted by Crippen LogP contribution is 2.47. The predicted octanol–water partition coefficient (Wildman–Crippen LogP) is 3.53. The molecule has 1 saturated carbocycles. The molecular weight excluding hydrogens is 242 g/mol. The first-order chi connectivity index (χ1) is 8.75. The van der Waals surface area contributed by atoms with Crippen LogP contribution in [0.2, 0.25) is 0 Å². The van der Waals surface area contributed by atoms with E-state index in [2.05, 4.69) is 6.07 Å². The molecule has 0 aliphatic heterocycles. The molecule has 1 heterocycles. The monoisotopic (exact) mass is 253 g/mol. The van der Waals surface area contributed by atoms with Crippen LogP contribution in [0, 0.1) is 11.3 Å². The maximum absolute atomic E-state index is 12.1. The average Bonchev–Trinajstić information content (AvgIpc) is 3.04. The summed E-state index contributed by atoms with van der Waals surface area (Å²) in [6.07, 6.45) is 1.86. The number of hydrogen-bond donors (Lipinski definition) is 0. The molecule has 3 heteroatoms. The zero-order valence-electron chi connectivity index (χ0n) is 9.72. The molecular formula is C15H11NOS. The summed E-state index contributed by atoms with van der Waals surface area (Å²) in [6, 6.07) is 13.6. The van der Waals surface area contributed by atoms with Gasteiger partial charge in [0.1, 0.15) is 0 Å². The van der Waals surface area contributed by atoms with Crippen molar-refractivity contribution in [2.75, 3.05) is 0 Å². The van der Waals surface area contributed by atoms with Gasteiger partial charge in [-0.05, 0) is 29.9 Å². The highest BCUT2D eigenvalue weighted by molar-refractivity contribution is 7.12. The van der Waals surface area contributed by atoms with Crippen molar-refractivity contribution >= 4 is 17.1 Å². The zero-order valence-corrected chi connectivity index (χ0v) is 10.5. The number of carbonyl (C=O) groups is 1. The second-order valence-electron chi connectivity index (χ2n) is 4.58. The van der Waals surface area contributed by atoms with E-state index in [1.165, 1.54) is 11.3 Å². The Morgan fingerprint density at radius 1 is 1.22 bits per heavy atom. The van der Waals surface area contributed by atoms with Gasteiger partial charge in [0.25, 0.3) is 0 Å². The van der Waals surface area contributed by atoms with E-state index in [1.807, 2.05) is 41.8 Å². The minimum atomic E-state index is -0.273. The number of thiophene rings is 1. The summed E-state index contributed by atoms with van der Waals surface area (Å²) in [7, 11) is 0. The maximum atomic E-state index is 12.1. The van der Waals surface area contributed by atoms with Crippen molar-refractivity contribution in [3.8, 4) is 6.07 Å². The van der Waals surface area contributed by atoms with Gasteiger partial charge < -0.3 is 0 Å². The Bertz CT molecular complexity index is 616. The van der Waals surface area contributed by atoms with Gasteiger partial charge in [0.2, 0.25) is 5.78 Å². The number of benzene rings is 1. The molecule has 0 amide bonds. The maximum Gasteiger partial charge on any atom is 0.202 e. The average molecular weight is 253 g/mol. The van der Waals surface area contributed by atoms with Crippen LogP contribution in [0.3, 0.4) is 0 Å². The fourth-order valence-electron chi connectivity index (χ4n) is 2.08. The molecule has 0 atom stereocenters. The standard InChI is InChI=1S/C15H11NOS/c16-10-15(7-8-15)12-5-3-11(4-6-12)14(17)13-2-1-9-18-13/h1-6,9H,7-8H2. The third kappa shape index (κ3) is 1.75. The second-order valence-corrected chi connectivity index (χ2v) is 5.53. The number of ketones is 1. The van der Waals surface area contributed by atoms with E-state index in [4.69, 9.17) is 5.26 Å². The van der Waals surface area contributed by atoms with Gasteiger partial charge in [0.15, 0.2) is 0 Å². The third-order valence-electron chi connectivity index (χ3n) is 3.41. The Morgan fingerprint density at radius 3 is 2.44 bits per heavy atom. The van der Waals surface area contributed by atoms with Gasteiger partial charge in [-0.1, -0.05) is 30.3 Å². The van der Waals surface area contributed by atoms with E-state index in [9.17, 15) is 4.79 Å². The quantitative estimate of drug-likeness (QED) is 0.785. The van der Waals surface area contributed by atoms with Crippen molar-refractivity contribution < 1.29 is 4.79 Å². The molecule has 1 aromatic carbocycles. The van der Waals surface area contributed by atoms with E-state index in [0.29, 0.717) is 5.56 Å². The number of hydrogen-bond acceptors (Lipinski definition) is 3. The van der Waals surface area contributed by atoms with Crippen LogP contribution in [0.5, 0.6) is 0 Å². The lowest BCUT2D eigenvalue weighted by Crippen LogP contribution is -2.04. The van der Waals surface area contributed by atoms with Gasteiger partial charge >= 0.3 is 0 Å². The molecule has 1 aliphatic rings. The normalized spacial score (nSPS) is 15.9. The van der Waals surface area contributed by atoms with E-state index in [-0.39, 0.29) is 11.2 Å². The van der Waals surface area contributed by atoms with Crippen LogP contribution in [-0.4, -0.2) is 5.78 Å². The van der Waals surface area contributed by atoms with Crippen LogP contribution < -0.4 is 0 Å². The van der Waals surface area contributed by atoms with Gasteiger partial charge in [-0.3, -0.25) is 4.79 Å². The summed E-state index contributed by atoms with van der Waals surface area (Å²) in [6.45, 7) is 0. The fraction of sp³-hybridized carbons (Fsp3) is 0.200. The van der Waals surface area contributed by atoms with E-state index >= 15 is 0 Å². The molecule has 18 heavy (non-hydrogen) atoms. The fourth-order valence-corrected chi connectivity index (χ4v) is 2.77. The first-order valence-electron chi connectivity index (χ1n) is 5.85. The van der Waals surface area contributed by atoms with Crippen molar-refractivity contribution in [2.24, 2.45) is 0 Å². The van der Waals surface area contributed by atoms with E-state index in [0.717, 1.165) is 23.3 Å². The Labute approximate surface area is 110 Å². The molecule has 0 saturated heterocycles. The zero-order chi connectivity index (χ0) is 12.6. The molecule has 1 aliphatic carbocycles. The van der Waals surface area contributed by atoms with Crippen LogP contribution in [-0.2, 0) is 5.41 Å². The number of carbonyl (C=O) groups excluding carboxylic acids is 1. The van der Waals surface area contributed by atoms with Gasteiger partial charge in [0.05, 0.1) is 16.4 Å². The number of rotatable bonds is 3. The topological polar surface area (TPSA) is 40.9 Å². The summed E-state index contributed by atoms with van der Waals surface area (Å²) in [5.74, 6) is 0.0540. The third-order valence-corrected chi connectivity index (χ3v) is 4.28. The highest BCUT2D eigenvalue weighted by Gasteiger charge is 2.44. The summed E-state index contributed by atoms with van der Waals surface area (Å²) in [4.78, 5) is 12.9. The molecule has 0 radical (unpaired) electrons. The van der Waals surface area contributed by atoms with Crippen LogP contribution >= 0.6 is 11.3 Å². The number of nitrogens with zero attached hydrogens (tertiary/aromatic N) is 1. The molecule has 0 N–H and O–H groups in total. The SMILES string of the molecule is N#CC1(c2ccc(C(=O)c3cccs3)cc2)CC1. The van der Waals surface area contributed by atoms with Crippen molar-refractivity contribution in [1.29, 1.82) is 5.26 Å². The molecule has 2 aromatic rings. The molecule has 1 fully saturated rings. The van der Waals surface area contributed by atoms with Gasteiger partial charge in [-0.15, -0.1) is 11.3 Å².